The molecule has 0 saturated heterocycles. The van der Waals surface area contributed by atoms with Crippen LogP contribution in [0.15, 0.2) is 0 Å². The SMILES string of the molecule is CC1C2CC3CC4CCC41C32. The van der Waals surface area contributed by atoms with E-state index in [2.05, 4.69) is 6.92 Å². The monoisotopic (exact) mass is 148 g/mol. The molecular weight excluding hydrogens is 132 g/mol. The molecule has 0 aromatic heterocycles. The van der Waals surface area contributed by atoms with Crippen molar-refractivity contribution in [1.29, 1.82) is 0 Å². The Labute approximate surface area is 68.4 Å². The van der Waals surface area contributed by atoms with Gasteiger partial charge in [-0.1, -0.05) is 6.92 Å². The van der Waals surface area contributed by atoms with Crippen molar-refractivity contribution in [3.05, 3.63) is 0 Å². The van der Waals surface area contributed by atoms with E-state index in [1.807, 2.05) is 0 Å². The zero-order chi connectivity index (χ0) is 7.22. The van der Waals surface area contributed by atoms with E-state index in [9.17, 15) is 0 Å². The zero-order valence-corrected chi connectivity index (χ0v) is 7.22. The third-order valence-corrected chi connectivity index (χ3v) is 5.93. The third kappa shape index (κ3) is 0.331. The van der Waals surface area contributed by atoms with Crippen LogP contribution in [-0.4, -0.2) is 0 Å². The maximum atomic E-state index is 2.54. The Kier molecular flexibility index (Phi) is 0.661. The van der Waals surface area contributed by atoms with Crippen molar-refractivity contribution in [2.24, 2.45) is 35.0 Å². The predicted octanol–water partition coefficient (Wildman–Crippen LogP) is 2.69. The molecule has 4 aliphatic carbocycles. The Bertz CT molecular complexity index is 224. The van der Waals surface area contributed by atoms with E-state index in [0.717, 1.165) is 11.3 Å². The molecular formula is C11H16. The van der Waals surface area contributed by atoms with Gasteiger partial charge in [-0.05, 0) is 60.7 Å². The van der Waals surface area contributed by atoms with Crippen molar-refractivity contribution in [1.82, 2.24) is 0 Å². The van der Waals surface area contributed by atoms with Crippen LogP contribution in [0, 0.1) is 35.0 Å². The molecule has 0 heteroatoms. The lowest BCUT2D eigenvalue weighted by Crippen LogP contribution is -2.65. The fourth-order valence-electron chi connectivity index (χ4n) is 5.40. The van der Waals surface area contributed by atoms with Crippen molar-refractivity contribution in [2.75, 3.05) is 0 Å². The smallest absolute Gasteiger partial charge is 0.0207 e. The van der Waals surface area contributed by atoms with Crippen molar-refractivity contribution >= 4 is 0 Å². The molecule has 0 radical (unpaired) electrons. The minimum absolute atomic E-state index is 0.952. The molecule has 0 N–H and O–H groups in total. The van der Waals surface area contributed by atoms with E-state index in [1.165, 1.54) is 23.7 Å². The standard InChI is InChI=1S/C11H16/c1-6-9-5-7-4-8-2-3-11(6,8)10(7)9/h6-10H,2-5H2,1H3. The topological polar surface area (TPSA) is 0 Å². The van der Waals surface area contributed by atoms with Crippen LogP contribution in [0.3, 0.4) is 0 Å². The molecule has 11 heavy (non-hydrogen) atoms. The van der Waals surface area contributed by atoms with E-state index >= 15 is 0 Å². The second-order valence-corrected chi connectivity index (χ2v) is 5.56. The number of rotatable bonds is 0. The average Bonchev–Trinajstić information content (AvgIpc) is 1.98. The van der Waals surface area contributed by atoms with Crippen LogP contribution in [0.5, 0.6) is 0 Å². The van der Waals surface area contributed by atoms with Crippen molar-refractivity contribution in [3.63, 3.8) is 0 Å². The van der Waals surface area contributed by atoms with Gasteiger partial charge in [0, 0.05) is 0 Å². The summed E-state index contributed by atoms with van der Waals surface area (Å²) in [5, 5.41) is 0. The maximum absolute atomic E-state index is 2.54. The van der Waals surface area contributed by atoms with Gasteiger partial charge in [0.05, 0.1) is 0 Å². The Morgan fingerprint density at radius 3 is 2.82 bits per heavy atom. The van der Waals surface area contributed by atoms with Gasteiger partial charge < -0.3 is 0 Å². The molecule has 4 fully saturated rings. The molecule has 1 spiro atoms. The van der Waals surface area contributed by atoms with Gasteiger partial charge in [-0.15, -0.1) is 0 Å². The summed E-state index contributed by atoms with van der Waals surface area (Å²) in [5.41, 5.74) is 0.952. The van der Waals surface area contributed by atoms with Gasteiger partial charge in [-0.3, -0.25) is 0 Å². The van der Waals surface area contributed by atoms with Crippen LogP contribution in [0.4, 0.5) is 0 Å². The highest BCUT2D eigenvalue weighted by atomic mass is 14.8. The molecule has 0 amide bonds. The fourth-order valence-corrected chi connectivity index (χ4v) is 5.40. The van der Waals surface area contributed by atoms with Gasteiger partial charge in [0.2, 0.25) is 0 Å². The molecule has 4 rings (SSSR count). The minimum Gasteiger partial charge on any atom is -0.0617 e. The third-order valence-electron chi connectivity index (χ3n) is 5.93. The highest BCUT2D eigenvalue weighted by Crippen LogP contribution is 2.83. The predicted molar refractivity (Wildman–Crippen MR) is 44.0 cm³/mol. The lowest BCUT2D eigenvalue weighted by molar-refractivity contribution is -0.228. The highest BCUT2D eigenvalue weighted by Gasteiger charge is 2.76. The summed E-state index contributed by atoms with van der Waals surface area (Å²) >= 11 is 0. The Balaban J connectivity index is 1.85. The maximum Gasteiger partial charge on any atom is -0.0207 e. The van der Waals surface area contributed by atoms with Gasteiger partial charge in [0.1, 0.15) is 0 Å². The second kappa shape index (κ2) is 1.30. The van der Waals surface area contributed by atoms with Crippen molar-refractivity contribution in [2.45, 2.75) is 32.6 Å². The van der Waals surface area contributed by atoms with Gasteiger partial charge in [-0.25, -0.2) is 0 Å². The summed E-state index contributed by atoms with van der Waals surface area (Å²) in [5.74, 6) is 5.99. The highest BCUT2D eigenvalue weighted by molar-refractivity contribution is 5.24. The van der Waals surface area contributed by atoms with Crippen LogP contribution < -0.4 is 0 Å². The first kappa shape index (κ1) is 5.61. The molecule has 0 aromatic rings. The summed E-state index contributed by atoms with van der Waals surface area (Å²) in [6, 6.07) is 0. The lowest BCUT2D eigenvalue weighted by atomic mass is 9.34. The number of hydrogen-bond donors (Lipinski definition) is 0. The largest absolute Gasteiger partial charge is 0.0617 e. The molecule has 4 aliphatic rings. The quantitative estimate of drug-likeness (QED) is 0.495. The summed E-state index contributed by atoms with van der Waals surface area (Å²) in [4.78, 5) is 0. The van der Waals surface area contributed by atoms with Crippen LogP contribution in [0.1, 0.15) is 32.6 Å². The second-order valence-electron chi connectivity index (χ2n) is 5.56. The van der Waals surface area contributed by atoms with E-state index < -0.39 is 0 Å². The molecule has 0 heterocycles. The summed E-state index contributed by atoms with van der Waals surface area (Å²) < 4.78 is 0. The van der Waals surface area contributed by atoms with Crippen LogP contribution in [-0.2, 0) is 0 Å². The first-order valence-corrected chi connectivity index (χ1v) is 5.34. The average molecular weight is 148 g/mol. The molecule has 0 bridgehead atoms. The van der Waals surface area contributed by atoms with Gasteiger partial charge in [-0.2, -0.15) is 0 Å². The Morgan fingerprint density at radius 2 is 2.18 bits per heavy atom. The van der Waals surface area contributed by atoms with Crippen LogP contribution in [0.2, 0.25) is 0 Å². The lowest BCUT2D eigenvalue weighted by Gasteiger charge is -2.71. The summed E-state index contributed by atoms with van der Waals surface area (Å²) in [7, 11) is 0. The molecule has 0 nitrogen and oxygen atoms in total. The summed E-state index contributed by atoms with van der Waals surface area (Å²) in [6.07, 6.45) is 6.44. The number of hydrogen-bond acceptors (Lipinski definition) is 0. The first-order chi connectivity index (χ1) is 5.34. The Hall–Kier alpha value is 0. The molecule has 4 saturated carbocycles. The van der Waals surface area contributed by atoms with Crippen molar-refractivity contribution < 1.29 is 0 Å². The van der Waals surface area contributed by atoms with Crippen LogP contribution in [0.25, 0.3) is 0 Å². The Morgan fingerprint density at radius 1 is 1.27 bits per heavy atom. The summed E-state index contributed by atoms with van der Waals surface area (Å²) in [6.45, 7) is 2.54. The van der Waals surface area contributed by atoms with Crippen LogP contribution >= 0.6 is 0 Å². The molecule has 6 atom stereocenters. The molecule has 0 aromatic carbocycles. The van der Waals surface area contributed by atoms with E-state index in [4.69, 9.17) is 0 Å². The zero-order valence-electron chi connectivity index (χ0n) is 7.22. The molecule has 60 valence electrons. The van der Waals surface area contributed by atoms with Gasteiger partial charge >= 0.3 is 0 Å². The normalized spacial score (nSPS) is 75.5. The molecule has 6 unspecified atom stereocenters. The van der Waals surface area contributed by atoms with E-state index in [-0.39, 0.29) is 0 Å². The van der Waals surface area contributed by atoms with Gasteiger partial charge in [0.25, 0.3) is 0 Å². The first-order valence-electron chi connectivity index (χ1n) is 5.34. The fraction of sp³-hybridized carbons (Fsp3) is 1.00. The van der Waals surface area contributed by atoms with Gasteiger partial charge in [0.15, 0.2) is 0 Å². The van der Waals surface area contributed by atoms with E-state index in [0.29, 0.717) is 0 Å². The minimum atomic E-state index is 0.952. The molecule has 0 aliphatic heterocycles. The van der Waals surface area contributed by atoms with E-state index in [1.54, 1.807) is 25.7 Å². The van der Waals surface area contributed by atoms with Crippen molar-refractivity contribution in [3.8, 4) is 0 Å².